The third kappa shape index (κ3) is 3.46. The van der Waals surface area contributed by atoms with Crippen LogP contribution in [0.3, 0.4) is 0 Å². The molecule has 1 heterocycles. The quantitative estimate of drug-likeness (QED) is 0.608. The van der Waals surface area contributed by atoms with Gasteiger partial charge in [-0.2, -0.15) is 0 Å². The molecular formula is C13H17N5O2S. The average Bonchev–Trinajstić information content (AvgIpc) is 2.86. The Labute approximate surface area is 126 Å². The van der Waals surface area contributed by atoms with Crippen LogP contribution in [0, 0.1) is 0 Å². The van der Waals surface area contributed by atoms with Crippen molar-refractivity contribution in [2.75, 3.05) is 25.3 Å². The second-order valence-corrected chi connectivity index (χ2v) is 5.06. The standard InChI is InChI=1S/C13H17N5O2S/c1-3-15-11(19)8-21-13-17-16-12(18(13)14)9-6-4-5-7-10(9)20-2/h4-7H,3,8,14H2,1-2H3,(H,15,19). The smallest absolute Gasteiger partial charge is 0.230 e. The Hall–Kier alpha value is -2.22. The van der Waals surface area contributed by atoms with Gasteiger partial charge in [0.15, 0.2) is 5.82 Å². The maximum absolute atomic E-state index is 11.5. The van der Waals surface area contributed by atoms with Crippen molar-refractivity contribution in [3.05, 3.63) is 24.3 Å². The van der Waals surface area contributed by atoms with Crippen molar-refractivity contribution in [1.82, 2.24) is 20.2 Å². The molecule has 0 radical (unpaired) electrons. The van der Waals surface area contributed by atoms with Crippen LogP contribution in [0.1, 0.15) is 6.92 Å². The number of hydrogen-bond donors (Lipinski definition) is 2. The lowest BCUT2D eigenvalue weighted by Gasteiger charge is -2.07. The number of hydrogen-bond acceptors (Lipinski definition) is 6. The lowest BCUT2D eigenvalue weighted by molar-refractivity contribution is -0.118. The molecule has 0 bridgehead atoms. The SMILES string of the molecule is CCNC(=O)CSc1nnc(-c2ccccc2OC)n1N. The molecule has 0 saturated heterocycles. The van der Waals surface area contributed by atoms with Crippen LogP contribution >= 0.6 is 11.8 Å². The zero-order valence-corrected chi connectivity index (χ0v) is 12.7. The summed E-state index contributed by atoms with van der Waals surface area (Å²) < 4.78 is 6.65. The highest BCUT2D eigenvalue weighted by Crippen LogP contribution is 2.29. The zero-order chi connectivity index (χ0) is 15.2. The maximum atomic E-state index is 11.5. The Morgan fingerprint density at radius 2 is 2.19 bits per heavy atom. The van der Waals surface area contributed by atoms with E-state index in [0.717, 1.165) is 5.56 Å². The number of carbonyl (C=O) groups is 1. The van der Waals surface area contributed by atoms with Crippen molar-refractivity contribution >= 4 is 17.7 Å². The van der Waals surface area contributed by atoms with Gasteiger partial charge in [-0.1, -0.05) is 23.9 Å². The summed E-state index contributed by atoms with van der Waals surface area (Å²) in [6.07, 6.45) is 0. The van der Waals surface area contributed by atoms with Crippen molar-refractivity contribution < 1.29 is 9.53 Å². The largest absolute Gasteiger partial charge is 0.496 e. The average molecular weight is 307 g/mol. The van der Waals surface area contributed by atoms with E-state index in [-0.39, 0.29) is 11.7 Å². The molecule has 1 aromatic heterocycles. The van der Waals surface area contributed by atoms with Gasteiger partial charge in [-0.25, -0.2) is 4.68 Å². The Bertz CT molecular complexity index is 629. The summed E-state index contributed by atoms with van der Waals surface area (Å²) in [5, 5.41) is 11.3. The molecule has 1 aromatic carbocycles. The van der Waals surface area contributed by atoms with E-state index in [1.54, 1.807) is 7.11 Å². The summed E-state index contributed by atoms with van der Waals surface area (Å²) in [6, 6.07) is 7.41. The number of nitrogens with zero attached hydrogens (tertiary/aromatic N) is 3. The molecule has 21 heavy (non-hydrogen) atoms. The fourth-order valence-corrected chi connectivity index (χ4v) is 2.45. The molecule has 0 atom stereocenters. The molecule has 8 heteroatoms. The number of benzene rings is 1. The van der Waals surface area contributed by atoms with E-state index in [1.165, 1.54) is 16.4 Å². The maximum Gasteiger partial charge on any atom is 0.230 e. The highest BCUT2D eigenvalue weighted by atomic mass is 32.2. The minimum atomic E-state index is -0.0654. The van der Waals surface area contributed by atoms with Crippen molar-refractivity contribution in [3.63, 3.8) is 0 Å². The molecule has 3 N–H and O–H groups in total. The minimum absolute atomic E-state index is 0.0654. The number of nitrogen functional groups attached to an aromatic ring is 1. The summed E-state index contributed by atoms with van der Waals surface area (Å²) in [5.74, 6) is 7.34. The number of rotatable bonds is 6. The number of nitrogens with two attached hydrogens (primary N) is 1. The van der Waals surface area contributed by atoms with Crippen molar-refractivity contribution in [1.29, 1.82) is 0 Å². The summed E-state index contributed by atoms with van der Waals surface area (Å²) in [5.41, 5.74) is 0.750. The van der Waals surface area contributed by atoms with E-state index in [2.05, 4.69) is 15.5 Å². The van der Waals surface area contributed by atoms with Gasteiger partial charge in [0.2, 0.25) is 11.1 Å². The highest BCUT2D eigenvalue weighted by molar-refractivity contribution is 7.99. The van der Waals surface area contributed by atoms with E-state index in [0.29, 0.717) is 23.3 Å². The van der Waals surface area contributed by atoms with Crippen LogP contribution in [0.5, 0.6) is 5.75 Å². The molecule has 0 unspecified atom stereocenters. The van der Waals surface area contributed by atoms with Gasteiger partial charge < -0.3 is 15.9 Å². The molecule has 7 nitrogen and oxygen atoms in total. The lowest BCUT2D eigenvalue weighted by atomic mass is 10.2. The monoisotopic (exact) mass is 307 g/mol. The third-order valence-corrected chi connectivity index (χ3v) is 3.66. The van der Waals surface area contributed by atoms with Crippen LogP contribution < -0.4 is 15.9 Å². The minimum Gasteiger partial charge on any atom is -0.496 e. The van der Waals surface area contributed by atoms with E-state index >= 15 is 0 Å². The Morgan fingerprint density at radius 3 is 2.90 bits per heavy atom. The topological polar surface area (TPSA) is 95.1 Å². The summed E-state index contributed by atoms with van der Waals surface area (Å²) in [6.45, 7) is 2.47. The van der Waals surface area contributed by atoms with Gasteiger partial charge in [0.25, 0.3) is 0 Å². The fraction of sp³-hybridized carbons (Fsp3) is 0.308. The van der Waals surface area contributed by atoms with Gasteiger partial charge in [-0.15, -0.1) is 10.2 Å². The first-order valence-corrected chi connectivity index (χ1v) is 7.39. The van der Waals surface area contributed by atoms with Crippen molar-refractivity contribution in [2.24, 2.45) is 0 Å². The van der Waals surface area contributed by atoms with E-state index in [1.807, 2.05) is 31.2 Å². The molecule has 0 aliphatic rings. The Kier molecular flexibility index (Phi) is 5.04. The predicted molar refractivity (Wildman–Crippen MR) is 81.6 cm³/mol. The number of aromatic nitrogens is 3. The van der Waals surface area contributed by atoms with Gasteiger partial charge in [-0.05, 0) is 19.1 Å². The predicted octanol–water partition coefficient (Wildman–Crippen LogP) is 0.896. The molecule has 0 saturated carbocycles. The summed E-state index contributed by atoms with van der Waals surface area (Å²) >= 11 is 1.24. The first-order valence-electron chi connectivity index (χ1n) is 6.40. The summed E-state index contributed by atoms with van der Waals surface area (Å²) in [7, 11) is 1.58. The normalized spacial score (nSPS) is 10.4. The van der Waals surface area contributed by atoms with Crippen molar-refractivity contribution in [2.45, 2.75) is 12.1 Å². The molecule has 0 fully saturated rings. The van der Waals surface area contributed by atoms with Crippen LogP contribution in [0.2, 0.25) is 0 Å². The van der Waals surface area contributed by atoms with Gasteiger partial charge in [0, 0.05) is 6.54 Å². The molecule has 0 aliphatic heterocycles. The zero-order valence-electron chi connectivity index (χ0n) is 11.9. The third-order valence-electron chi connectivity index (χ3n) is 2.72. The summed E-state index contributed by atoms with van der Waals surface area (Å²) in [4.78, 5) is 11.5. The van der Waals surface area contributed by atoms with Crippen LogP contribution in [-0.2, 0) is 4.79 Å². The number of thioether (sulfide) groups is 1. The Morgan fingerprint density at radius 1 is 1.43 bits per heavy atom. The number of amides is 1. The Balaban J connectivity index is 2.19. The molecule has 112 valence electrons. The van der Waals surface area contributed by atoms with Gasteiger partial charge in [0.1, 0.15) is 5.75 Å². The molecule has 0 aliphatic carbocycles. The van der Waals surface area contributed by atoms with Crippen LogP contribution in [0.25, 0.3) is 11.4 Å². The van der Waals surface area contributed by atoms with E-state index < -0.39 is 0 Å². The number of nitrogens with one attached hydrogen (secondary N) is 1. The van der Waals surface area contributed by atoms with Crippen molar-refractivity contribution in [3.8, 4) is 17.1 Å². The second kappa shape index (κ2) is 6.98. The molecule has 2 aromatic rings. The van der Waals surface area contributed by atoms with E-state index in [4.69, 9.17) is 10.6 Å². The lowest BCUT2D eigenvalue weighted by Crippen LogP contribution is -2.24. The molecular weight excluding hydrogens is 290 g/mol. The number of methoxy groups -OCH3 is 1. The second-order valence-electron chi connectivity index (χ2n) is 4.12. The first kappa shape index (κ1) is 15.2. The number of para-hydroxylation sites is 1. The van der Waals surface area contributed by atoms with Crippen LogP contribution in [0.4, 0.5) is 0 Å². The van der Waals surface area contributed by atoms with Gasteiger partial charge in [0.05, 0.1) is 18.4 Å². The fourth-order valence-electron chi connectivity index (χ4n) is 1.77. The number of ether oxygens (including phenoxy) is 1. The molecule has 0 spiro atoms. The van der Waals surface area contributed by atoms with Crippen LogP contribution in [0.15, 0.2) is 29.4 Å². The first-order chi connectivity index (χ1) is 10.2. The number of carbonyl (C=O) groups excluding carboxylic acids is 1. The van der Waals surface area contributed by atoms with Gasteiger partial charge >= 0.3 is 0 Å². The van der Waals surface area contributed by atoms with Crippen LogP contribution in [-0.4, -0.2) is 40.2 Å². The van der Waals surface area contributed by atoms with Gasteiger partial charge in [-0.3, -0.25) is 4.79 Å². The molecule has 2 rings (SSSR count). The molecule has 1 amide bonds. The highest BCUT2D eigenvalue weighted by Gasteiger charge is 2.16. The van der Waals surface area contributed by atoms with E-state index in [9.17, 15) is 4.79 Å².